The number of aryl methyl sites for hydroxylation is 1. The van der Waals surface area contributed by atoms with E-state index in [9.17, 15) is 18.0 Å². The molecule has 2 N–H and O–H groups in total. The highest BCUT2D eigenvalue weighted by Gasteiger charge is 2.33. The van der Waals surface area contributed by atoms with E-state index >= 15 is 0 Å². The van der Waals surface area contributed by atoms with Crippen molar-refractivity contribution in [3.8, 4) is 0 Å². The van der Waals surface area contributed by atoms with Crippen molar-refractivity contribution in [1.82, 2.24) is 20.6 Å². The Morgan fingerprint density at radius 1 is 1.33 bits per heavy atom. The molecule has 0 radical (unpaired) electrons. The lowest BCUT2D eigenvalue weighted by atomic mass is 10.2. The lowest BCUT2D eigenvalue weighted by molar-refractivity contribution is -0.141. The molecule has 8 heteroatoms. The molecule has 5 nitrogen and oxygen atoms in total. The van der Waals surface area contributed by atoms with Gasteiger partial charge in [0.15, 0.2) is 0 Å². The molecule has 0 spiro atoms. The summed E-state index contributed by atoms with van der Waals surface area (Å²) in [5.74, 6) is 0.0428. The maximum Gasteiger partial charge on any atom is 0.433 e. The van der Waals surface area contributed by atoms with Crippen LogP contribution in [0.1, 0.15) is 49.8 Å². The van der Waals surface area contributed by atoms with Gasteiger partial charge in [0.05, 0.1) is 6.04 Å². The van der Waals surface area contributed by atoms with Crippen molar-refractivity contribution in [2.45, 2.75) is 64.2 Å². The van der Waals surface area contributed by atoms with Gasteiger partial charge in [0.2, 0.25) is 5.91 Å². The van der Waals surface area contributed by atoms with Crippen molar-refractivity contribution < 1.29 is 18.0 Å². The Balaban J connectivity index is 1.82. The third-order valence-corrected chi connectivity index (χ3v) is 4.08. The number of hydrogen-bond donors (Lipinski definition) is 2. The predicted molar refractivity (Wildman–Crippen MR) is 83.3 cm³/mol. The molecule has 1 unspecified atom stereocenters. The minimum absolute atomic E-state index is 0.0805. The van der Waals surface area contributed by atoms with E-state index in [1.54, 1.807) is 6.92 Å². The first-order chi connectivity index (χ1) is 11.3. The average molecular weight is 344 g/mol. The third kappa shape index (κ3) is 5.43. The summed E-state index contributed by atoms with van der Waals surface area (Å²) in [6, 6.07) is 0.767. The fourth-order valence-corrected chi connectivity index (χ4v) is 2.78. The molecule has 1 atom stereocenters. The Morgan fingerprint density at radius 2 is 2.00 bits per heavy atom. The quantitative estimate of drug-likeness (QED) is 0.832. The highest BCUT2D eigenvalue weighted by Crippen LogP contribution is 2.27. The molecule has 2 rings (SSSR count). The second-order valence-corrected chi connectivity index (χ2v) is 6.22. The second-order valence-electron chi connectivity index (χ2n) is 6.22. The van der Waals surface area contributed by atoms with Crippen molar-refractivity contribution in [1.29, 1.82) is 0 Å². The second kappa shape index (κ2) is 7.92. The highest BCUT2D eigenvalue weighted by molar-refractivity contribution is 5.81. The Bertz CT molecular complexity index is 571. The zero-order valence-electron chi connectivity index (χ0n) is 13.9. The summed E-state index contributed by atoms with van der Waals surface area (Å²) >= 11 is 0. The van der Waals surface area contributed by atoms with Crippen LogP contribution in [0.5, 0.6) is 0 Å². The normalized spacial score (nSPS) is 17.0. The molecule has 24 heavy (non-hydrogen) atoms. The van der Waals surface area contributed by atoms with Crippen LogP contribution in [0.3, 0.4) is 0 Å². The number of halogens is 3. The summed E-state index contributed by atoms with van der Waals surface area (Å²) in [6.07, 6.45) is 0.0414. The number of nitrogens with zero attached hydrogens (tertiary/aromatic N) is 2. The Labute approximate surface area is 139 Å². The molecule has 1 saturated carbocycles. The van der Waals surface area contributed by atoms with Crippen LogP contribution in [-0.2, 0) is 17.4 Å². The highest BCUT2D eigenvalue weighted by atomic mass is 19.4. The number of nitrogens with one attached hydrogen (secondary N) is 2. The first-order valence-corrected chi connectivity index (χ1v) is 8.21. The molecule has 134 valence electrons. The van der Waals surface area contributed by atoms with Crippen LogP contribution in [0.2, 0.25) is 0 Å². The summed E-state index contributed by atoms with van der Waals surface area (Å²) in [4.78, 5) is 19.6. The van der Waals surface area contributed by atoms with Gasteiger partial charge in [-0.05, 0) is 32.8 Å². The minimum Gasteiger partial charge on any atom is -0.352 e. The maximum atomic E-state index is 12.7. The Morgan fingerprint density at radius 3 is 2.62 bits per heavy atom. The van der Waals surface area contributed by atoms with Gasteiger partial charge in [0.1, 0.15) is 11.5 Å². The smallest absolute Gasteiger partial charge is 0.352 e. The van der Waals surface area contributed by atoms with Gasteiger partial charge in [0, 0.05) is 24.7 Å². The summed E-state index contributed by atoms with van der Waals surface area (Å²) < 4.78 is 38.2. The molecule has 1 aliphatic rings. The molecule has 1 fully saturated rings. The standard InChI is InChI=1S/C16H23F3N4O/c1-10-9-13(16(17,18)19)23-14(21-10)7-8-20-11(2)15(24)22-12-5-3-4-6-12/h9,11-12,20H,3-8H2,1-2H3,(H,22,24). The van der Waals surface area contributed by atoms with E-state index in [1.165, 1.54) is 6.92 Å². The molecule has 1 aromatic rings. The molecule has 0 aromatic carbocycles. The van der Waals surface area contributed by atoms with E-state index in [-0.39, 0.29) is 29.9 Å². The largest absolute Gasteiger partial charge is 0.433 e. The fraction of sp³-hybridized carbons (Fsp3) is 0.688. The topological polar surface area (TPSA) is 66.9 Å². The molecular formula is C16H23F3N4O. The van der Waals surface area contributed by atoms with Gasteiger partial charge in [-0.3, -0.25) is 4.79 Å². The lowest BCUT2D eigenvalue weighted by Gasteiger charge is -2.17. The van der Waals surface area contributed by atoms with Gasteiger partial charge in [0.25, 0.3) is 0 Å². The van der Waals surface area contributed by atoms with Crippen LogP contribution >= 0.6 is 0 Å². The number of aromatic nitrogens is 2. The van der Waals surface area contributed by atoms with Crippen LogP contribution in [0, 0.1) is 6.92 Å². The van der Waals surface area contributed by atoms with Crippen molar-refractivity contribution in [3.63, 3.8) is 0 Å². The van der Waals surface area contributed by atoms with E-state index in [1.807, 2.05) is 0 Å². The number of amides is 1. The first kappa shape index (κ1) is 18.6. The van der Waals surface area contributed by atoms with Crippen LogP contribution < -0.4 is 10.6 Å². The number of carbonyl (C=O) groups excluding carboxylic acids is 1. The summed E-state index contributed by atoms with van der Waals surface area (Å²) in [6.45, 7) is 3.58. The van der Waals surface area contributed by atoms with Crippen LogP contribution in [-0.4, -0.2) is 34.5 Å². The minimum atomic E-state index is -4.48. The molecular weight excluding hydrogens is 321 g/mol. The van der Waals surface area contributed by atoms with Gasteiger partial charge >= 0.3 is 6.18 Å². The van der Waals surface area contributed by atoms with Crippen molar-refractivity contribution in [3.05, 3.63) is 23.3 Å². The molecule has 0 saturated heterocycles. The van der Waals surface area contributed by atoms with Crippen molar-refractivity contribution >= 4 is 5.91 Å². The third-order valence-electron chi connectivity index (χ3n) is 4.08. The van der Waals surface area contributed by atoms with Crippen LogP contribution in [0.15, 0.2) is 6.07 Å². The van der Waals surface area contributed by atoms with Crippen molar-refractivity contribution in [2.24, 2.45) is 0 Å². The molecule has 1 aliphatic carbocycles. The Hall–Kier alpha value is -1.70. The summed E-state index contributed by atoms with van der Waals surface area (Å²) in [5, 5.41) is 5.99. The number of hydrogen-bond acceptors (Lipinski definition) is 4. The zero-order chi connectivity index (χ0) is 17.7. The van der Waals surface area contributed by atoms with Crippen LogP contribution in [0.4, 0.5) is 13.2 Å². The van der Waals surface area contributed by atoms with Gasteiger partial charge in [-0.1, -0.05) is 12.8 Å². The fourth-order valence-electron chi connectivity index (χ4n) is 2.78. The molecule has 1 heterocycles. The monoisotopic (exact) mass is 344 g/mol. The molecule has 0 bridgehead atoms. The average Bonchev–Trinajstić information content (AvgIpc) is 2.98. The van der Waals surface area contributed by atoms with Gasteiger partial charge < -0.3 is 10.6 Å². The van der Waals surface area contributed by atoms with E-state index < -0.39 is 17.9 Å². The Kier molecular flexibility index (Phi) is 6.15. The van der Waals surface area contributed by atoms with Gasteiger partial charge in [-0.15, -0.1) is 0 Å². The van der Waals surface area contributed by atoms with E-state index in [0.717, 1.165) is 31.7 Å². The zero-order valence-corrected chi connectivity index (χ0v) is 13.9. The van der Waals surface area contributed by atoms with E-state index in [0.29, 0.717) is 6.54 Å². The van der Waals surface area contributed by atoms with E-state index in [4.69, 9.17) is 0 Å². The summed E-state index contributed by atoms with van der Waals surface area (Å²) in [7, 11) is 0. The maximum absolute atomic E-state index is 12.7. The molecule has 0 aliphatic heterocycles. The predicted octanol–water partition coefficient (Wildman–Crippen LogP) is 2.38. The SMILES string of the molecule is Cc1cc(C(F)(F)F)nc(CCNC(C)C(=O)NC2CCCC2)n1. The molecule has 1 amide bonds. The van der Waals surface area contributed by atoms with Gasteiger partial charge in [-0.2, -0.15) is 13.2 Å². The number of rotatable bonds is 6. The molecule has 1 aromatic heterocycles. The summed E-state index contributed by atoms with van der Waals surface area (Å²) in [5.41, 5.74) is -0.656. The van der Waals surface area contributed by atoms with Gasteiger partial charge in [-0.25, -0.2) is 9.97 Å². The van der Waals surface area contributed by atoms with E-state index in [2.05, 4.69) is 20.6 Å². The lowest BCUT2D eigenvalue weighted by Crippen LogP contribution is -2.46. The number of alkyl halides is 3. The van der Waals surface area contributed by atoms with Crippen molar-refractivity contribution in [2.75, 3.05) is 6.54 Å². The first-order valence-electron chi connectivity index (χ1n) is 8.21. The number of carbonyl (C=O) groups is 1. The van der Waals surface area contributed by atoms with Crippen LogP contribution in [0.25, 0.3) is 0 Å².